The molecule has 0 fully saturated rings. The summed E-state index contributed by atoms with van der Waals surface area (Å²) in [5, 5.41) is 2.60. The number of hydrogen-bond donors (Lipinski definition) is 1. The Kier molecular flexibility index (Phi) is 4.09. The molecule has 15 heavy (non-hydrogen) atoms. The summed E-state index contributed by atoms with van der Waals surface area (Å²) in [6, 6.07) is 5.84. The fraction of sp³-hybridized carbons (Fsp3) is 0.364. The third-order valence-electron chi connectivity index (χ3n) is 1.96. The van der Waals surface area contributed by atoms with Gasteiger partial charge >= 0.3 is 6.09 Å². The first-order chi connectivity index (χ1) is 7.13. The van der Waals surface area contributed by atoms with Crippen molar-refractivity contribution in [3.05, 3.63) is 35.6 Å². The summed E-state index contributed by atoms with van der Waals surface area (Å²) >= 11 is 0. The van der Waals surface area contributed by atoms with Gasteiger partial charge in [0, 0.05) is 0 Å². The molecule has 4 heteroatoms. The fourth-order valence-corrected chi connectivity index (χ4v) is 1.21. The minimum atomic E-state index is -0.491. The van der Waals surface area contributed by atoms with E-state index in [9.17, 15) is 9.18 Å². The SMILES string of the molecule is CCOC(=O)N[C@@H](C)c1cccc(F)c1. The van der Waals surface area contributed by atoms with Gasteiger partial charge in [0.1, 0.15) is 5.82 Å². The molecular formula is C11H14FNO2. The van der Waals surface area contributed by atoms with Crippen LogP contribution in [0.15, 0.2) is 24.3 Å². The van der Waals surface area contributed by atoms with Crippen molar-refractivity contribution in [2.45, 2.75) is 19.9 Å². The van der Waals surface area contributed by atoms with Gasteiger partial charge < -0.3 is 10.1 Å². The van der Waals surface area contributed by atoms with Crippen LogP contribution in [0.3, 0.4) is 0 Å². The number of carbonyl (C=O) groups excluding carboxylic acids is 1. The molecule has 1 atom stereocenters. The van der Waals surface area contributed by atoms with Gasteiger partial charge in [-0.3, -0.25) is 0 Å². The first kappa shape index (κ1) is 11.5. The van der Waals surface area contributed by atoms with Gasteiger partial charge in [-0.15, -0.1) is 0 Å². The van der Waals surface area contributed by atoms with Crippen LogP contribution in [0.5, 0.6) is 0 Å². The second-order valence-corrected chi connectivity index (χ2v) is 3.14. The largest absolute Gasteiger partial charge is 0.450 e. The van der Waals surface area contributed by atoms with Gasteiger partial charge in [-0.1, -0.05) is 12.1 Å². The molecule has 1 amide bonds. The molecule has 0 bridgehead atoms. The second kappa shape index (κ2) is 5.34. The molecule has 1 aromatic rings. The highest BCUT2D eigenvalue weighted by atomic mass is 19.1. The standard InChI is InChI=1S/C11H14FNO2/c1-3-15-11(14)13-8(2)9-5-4-6-10(12)7-9/h4-8H,3H2,1-2H3,(H,13,14)/t8-/m0/s1. The predicted molar refractivity (Wildman–Crippen MR) is 55.0 cm³/mol. The molecule has 1 rings (SSSR count). The predicted octanol–water partition coefficient (Wildman–Crippen LogP) is 2.63. The van der Waals surface area contributed by atoms with E-state index in [0.29, 0.717) is 12.2 Å². The van der Waals surface area contributed by atoms with Crippen molar-refractivity contribution in [2.24, 2.45) is 0 Å². The van der Waals surface area contributed by atoms with Crippen molar-refractivity contribution in [1.82, 2.24) is 5.32 Å². The maximum atomic E-state index is 12.9. The van der Waals surface area contributed by atoms with Crippen LogP contribution in [0.25, 0.3) is 0 Å². The zero-order chi connectivity index (χ0) is 11.3. The maximum Gasteiger partial charge on any atom is 0.407 e. The molecular weight excluding hydrogens is 197 g/mol. The lowest BCUT2D eigenvalue weighted by Gasteiger charge is -2.13. The lowest BCUT2D eigenvalue weighted by molar-refractivity contribution is 0.149. The number of alkyl carbamates (subject to hydrolysis) is 1. The molecule has 0 saturated heterocycles. The summed E-state index contributed by atoms with van der Waals surface area (Å²) in [5.74, 6) is -0.315. The first-order valence-corrected chi connectivity index (χ1v) is 4.82. The zero-order valence-electron chi connectivity index (χ0n) is 8.79. The number of hydrogen-bond acceptors (Lipinski definition) is 2. The minimum Gasteiger partial charge on any atom is -0.450 e. The Morgan fingerprint density at radius 3 is 2.93 bits per heavy atom. The van der Waals surface area contributed by atoms with Crippen LogP contribution in [0, 0.1) is 5.82 Å². The highest BCUT2D eigenvalue weighted by molar-refractivity contribution is 5.67. The van der Waals surface area contributed by atoms with Crippen molar-refractivity contribution in [3.8, 4) is 0 Å². The van der Waals surface area contributed by atoms with Crippen LogP contribution in [-0.2, 0) is 4.74 Å². The van der Waals surface area contributed by atoms with Gasteiger partial charge in [-0.25, -0.2) is 9.18 Å². The van der Waals surface area contributed by atoms with Gasteiger partial charge in [0.2, 0.25) is 0 Å². The second-order valence-electron chi connectivity index (χ2n) is 3.14. The summed E-state index contributed by atoms with van der Waals surface area (Å²) in [4.78, 5) is 11.1. The number of carbonyl (C=O) groups is 1. The number of amides is 1. The van der Waals surface area contributed by atoms with Crippen molar-refractivity contribution in [1.29, 1.82) is 0 Å². The smallest absolute Gasteiger partial charge is 0.407 e. The Morgan fingerprint density at radius 1 is 1.60 bits per heavy atom. The van der Waals surface area contributed by atoms with E-state index in [1.165, 1.54) is 12.1 Å². The number of nitrogens with one attached hydrogen (secondary N) is 1. The molecule has 82 valence electrons. The van der Waals surface area contributed by atoms with Gasteiger partial charge in [-0.05, 0) is 31.5 Å². The summed E-state index contributed by atoms with van der Waals surface area (Å²) in [6.45, 7) is 3.82. The Balaban J connectivity index is 2.60. The van der Waals surface area contributed by atoms with Gasteiger partial charge in [0.25, 0.3) is 0 Å². The summed E-state index contributed by atoms with van der Waals surface area (Å²) < 4.78 is 17.6. The molecule has 0 heterocycles. The van der Waals surface area contributed by atoms with E-state index >= 15 is 0 Å². The maximum absolute atomic E-state index is 12.9. The van der Waals surface area contributed by atoms with E-state index in [0.717, 1.165) is 0 Å². The zero-order valence-corrected chi connectivity index (χ0v) is 8.79. The van der Waals surface area contributed by atoms with Crippen LogP contribution in [0.1, 0.15) is 25.5 Å². The Morgan fingerprint density at radius 2 is 2.33 bits per heavy atom. The van der Waals surface area contributed by atoms with Crippen LogP contribution in [-0.4, -0.2) is 12.7 Å². The van der Waals surface area contributed by atoms with E-state index in [2.05, 4.69) is 5.32 Å². The molecule has 1 N–H and O–H groups in total. The molecule has 0 unspecified atom stereocenters. The topological polar surface area (TPSA) is 38.3 Å². The summed E-state index contributed by atoms with van der Waals surface area (Å²) in [5.41, 5.74) is 0.711. The van der Waals surface area contributed by atoms with Gasteiger partial charge in [0.15, 0.2) is 0 Å². The Labute approximate surface area is 88.2 Å². The molecule has 0 saturated carbocycles. The molecule has 0 aliphatic carbocycles. The summed E-state index contributed by atoms with van der Waals surface area (Å²) in [7, 11) is 0. The first-order valence-electron chi connectivity index (χ1n) is 4.82. The van der Waals surface area contributed by atoms with Crippen molar-refractivity contribution in [3.63, 3.8) is 0 Å². The number of ether oxygens (including phenoxy) is 1. The summed E-state index contributed by atoms with van der Waals surface area (Å²) in [6.07, 6.45) is -0.491. The van der Waals surface area contributed by atoms with E-state index < -0.39 is 6.09 Å². The molecule has 0 radical (unpaired) electrons. The van der Waals surface area contributed by atoms with Crippen molar-refractivity contribution < 1.29 is 13.9 Å². The number of rotatable bonds is 3. The van der Waals surface area contributed by atoms with Crippen LogP contribution >= 0.6 is 0 Å². The lowest BCUT2D eigenvalue weighted by atomic mass is 10.1. The third kappa shape index (κ3) is 3.58. The lowest BCUT2D eigenvalue weighted by Crippen LogP contribution is -2.27. The molecule has 0 aliphatic heterocycles. The van der Waals surface area contributed by atoms with Gasteiger partial charge in [0.05, 0.1) is 12.6 Å². The minimum absolute atomic E-state index is 0.264. The fourth-order valence-electron chi connectivity index (χ4n) is 1.21. The molecule has 0 spiro atoms. The molecule has 3 nitrogen and oxygen atoms in total. The van der Waals surface area contributed by atoms with E-state index in [-0.39, 0.29) is 11.9 Å². The quantitative estimate of drug-likeness (QED) is 0.834. The molecule has 0 aliphatic rings. The highest BCUT2D eigenvalue weighted by Crippen LogP contribution is 2.13. The van der Waals surface area contributed by atoms with Crippen molar-refractivity contribution in [2.75, 3.05) is 6.61 Å². The van der Waals surface area contributed by atoms with E-state index in [4.69, 9.17) is 4.74 Å². The number of halogens is 1. The molecule has 0 aromatic heterocycles. The Hall–Kier alpha value is -1.58. The average molecular weight is 211 g/mol. The van der Waals surface area contributed by atoms with E-state index in [1.807, 2.05) is 0 Å². The average Bonchev–Trinajstić information content (AvgIpc) is 2.18. The molecule has 1 aromatic carbocycles. The third-order valence-corrected chi connectivity index (χ3v) is 1.96. The van der Waals surface area contributed by atoms with Crippen LogP contribution in [0.4, 0.5) is 9.18 Å². The highest BCUT2D eigenvalue weighted by Gasteiger charge is 2.09. The van der Waals surface area contributed by atoms with Crippen molar-refractivity contribution >= 4 is 6.09 Å². The van der Waals surface area contributed by atoms with Crippen LogP contribution < -0.4 is 5.32 Å². The van der Waals surface area contributed by atoms with Crippen LogP contribution in [0.2, 0.25) is 0 Å². The number of benzene rings is 1. The van der Waals surface area contributed by atoms with E-state index in [1.54, 1.807) is 26.0 Å². The van der Waals surface area contributed by atoms with Gasteiger partial charge in [-0.2, -0.15) is 0 Å². The monoisotopic (exact) mass is 211 g/mol. The Bertz CT molecular complexity index is 341. The normalized spacial score (nSPS) is 11.9.